The lowest BCUT2D eigenvalue weighted by Crippen LogP contribution is -2.08. The summed E-state index contributed by atoms with van der Waals surface area (Å²) in [5.74, 6) is 0.364. The van der Waals surface area contributed by atoms with E-state index in [1.54, 1.807) is 37.4 Å². The Balaban J connectivity index is 1.63. The zero-order valence-corrected chi connectivity index (χ0v) is 14.1. The van der Waals surface area contributed by atoms with Crippen molar-refractivity contribution in [3.05, 3.63) is 71.4 Å². The molecule has 0 fully saturated rings. The Morgan fingerprint density at radius 3 is 2.52 bits per heavy atom. The van der Waals surface area contributed by atoms with Crippen LogP contribution in [0.25, 0.3) is 11.3 Å². The lowest BCUT2D eigenvalue weighted by Gasteiger charge is -2.07. The third-order valence-electron chi connectivity index (χ3n) is 3.71. The second-order valence-corrected chi connectivity index (χ2v) is 5.57. The van der Waals surface area contributed by atoms with Gasteiger partial charge in [-0.05, 0) is 36.4 Å². The number of rotatable bonds is 5. The molecule has 8 heteroatoms. The van der Waals surface area contributed by atoms with Gasteiger partial charge < -0.3 is 14.0 Å². The van der Waals surface area contributed by atoms with E-state index in [4.69, 9.17) is 14.0 Å². The van der Waals surface area contributed by atoms with Gasteiger partial charge >= 0.3 is 12.1 Å². The summed E-state index contributed by atoms with van der Waals surface area (Å²) in [6, 6.07) is 12.5. The van der Waals surface area contributed by atoms with E-state index in [0.717, 1.165) is 29.8 Å². The average molecular weight is 377 g/mol. The molecule has 3 rings (SSSR count). The largest absolute Gasteiger partial charge is 0.497 e. The predicted octanol–water partition coefficient (Wildman–Crippen LogP) is 4.73. The first-order valence-electron chi connectivity index (χ1n) is 7.81. The van der Waals surface area contributed by atoms with Crippen molar-refractivity contribution < 1.29 is 32.0 Å². The van der Waals surface area contributed by atoms with Crippen LogP contribution in [0.3, 0.4) is 0 Å². The third kappa shape index (κ3) is 4.46. The van der Waals surface area contributed by atoms with Gasteiger partial charge in [0.15, 0.2) is 5.76 Å². The number of nitrogens with zero attached hydrogens (tertiary/aromatic N) is 1. The fraction of sp³-hybridized carbons (Fsp3) is 0.158. The molecule has 0 aliphatic rings. The monoisotopic (exact) mass is 377 g/mol. The molecule has 0 radical (unpaired) electrons. The number of hydrogen-bond donors (Lipinski definition) is 0. The van der Waals surface area contributed by atoms with Crippen molar-refractivity contribution in [2.24, 2.45) is 0 Å². The quantitative estimate of drug-likeness (QED) is 0.602. The standard InChI is InChI=1S/C19H14F3NO4/c1-25-16-4-2-3-13(9-16)17-10-15(23-27-17)11-26-18(24)12-5-7-14(8-6-12)19(20,21)22/h2-10H,11H2,1H3. The number of hydrogen-bond acceptors (Lipinski definition) is 5. The zero-order chi connectivity index (χ0) is 19.4. The molecule has 140 valence electrons. The van der Waals surface area contributed by atoms with Crippen LogP contribution in [-0.2, 0) is 17.5 Å². The summed E-state index contributed by atoms with van der Waals surface area (Å²) >= 11 is 0. The number of alkyl halides is 3. The minimum absolute atomic E-state index is 0.0134. The lowest BCUT2D eigenvalue weighted by molar-refractivity contribution is -0.137. The van der Waals surface area contributed by atoms with E-state index in [0.29, 0.717) is 17.2 Å². The molecule has 3 aromatic rings. The zero-order valence-electron chi connectivity index (χ0n) is 14.1. The minimum Gasteiger partial charge on any atom is -0.497 e. The Morgan fingerprint density at radius 1 is 1.11 bits per heavy atom. The van der Waals surface area contributed by atoms with Gasteiger partial charge in [-0.25, -0.2) is 4.79 Å². The third-order valence-corrected chi connectivity index (χ3v) is 3.71. The molecular formula is C19H14F3NO4. The molecule has 0 atom stereocenters. The Bertz CT molecular complexity index is 933. The van der Waals surface area contributed by atoms with Gasteiger partial charge in [0, 0.05) is 11.6 Å². The van der Waals surface area contributed by atoms with Gasteiger partial charge in [-0.1, -0.05) is 17.3 Å². The maximum absolute atomic E-state index is 12.5. The molecule has 1 aromatic heterocycles. The molecule has 0 bridgehead atoms. The summed E-state index contributed by atoms with van der Waals surface area (Å²) in [5, 5.41) is 3.82. The highest BCUT2D eigenvalue weighted by atomic mass is 19.4. The van der Waals surface area contributed by atoms with Crippen LogP contribution in [0.1, 0.15) is 21.6 Å². The molecule has 0 unspecified atom stereocenters. The van der Waals surface area contributed by atoms with E-state index in [-0.39, 0.29) is 12.2 Å². The van der Waals surface area contributed by atoms with Crippen molar-refractivity contribution in [1.82, 2.24) is 5.16 Å². The molecule has 0 aliphatic carbocycles. The first kappa shape index (κ1) is 18.5. The summed E-state index contributed by atoms with van der Waals surface area (Å²) in [5.41, 5.74) is 0.285. The van der Waals surface area contributed by atoms with Crippen molar-refractivity contribution >= 4 is 5.97 Å². The van der Waals surface area contributed by atoms with Crippen molar-refractivity contribution in [2.75, 3.05) is 7.11 Å². The van der Waals surface area contributed by atoms with Crippen molar-refractivity contribution in [3.63, 3.8) is 0 Å². The van der Waals surface area contributed by atoms with Gasteiger partial charge in [0.2, 0.25) is 0 Å². The SMILES string of the molecule is COc1cccc(-c2cc(COC(=O)c3ccc(C(F)(F)F)cc3)no2)c1. The van der Waals surface area contributed by atoms with E-state index in [2.05, 4.69) is 5.16 Å². The van der Waals surface area contributed by atoms with Crippen molar-refractivity contribution in [3.8, 4) is 17.1 Å². The van der Waals surface area contributed by atoms with Gasteiger partial charge in [-0.3, -0.25) is 0 Å². The highest BCUT2D eigenvalue weighted by molar-refractivity contribution is 5.89. The topological polar surface area (TPSA) is 61.6 Å². The van der Waals surface area contributed by atoms with Crippen LogP contribution in [0.15, 0.2) is 59.1 Å². The fourth-order valence-electron chi connectivity index (χ4n) is 2.31. The molecule has 0 N–H and O–H groups in total. The number of esters is 1. The Labute approximate surface area is 152 Å². The van der Waals surface area contributed by atoms with Gasteiger partial charge in [0.1, 0.15) is 18.1 Å². The lowest BCUT2D eigenvalue weighted by atomic mass is 10.1. The normalized spacial score (nSPS) is 11.3. The maximum atomic E-state index is 12.5. The molecule has 27 heavy (non-hydrogen) atoms. The Morgan fingerprint density at radius 2 is 1.85 bits per heavy atom. The Hall–Kier alpha value is -3.29. The number of carbonyl (C=O) groups is 1. The summed E-state index contributed by atoms with van der Waals surface area (Å²) in [7, 11) is 1.55. The summed E-state index contributed by atoms with van der Waals surface area (Å²) in [4.78, 5) is 12.0. The maximum Gasteiger partial charge on any atom is 0.416 e. The van der Waals surface area contributed by atoms with Crippen LogP contribution < -0.4 is 4.74 Å². The number of halogens is 3. The summed E-state index contributed by atoms with van der Waals surface area (Å²) in [6.07, 6.45) is -4.46. The number of methoxy groups -OCH3 is 1. The highest BCUT2D eigenvalue weighted by Gasteiger charge is 2.30. The number of benzene rings is 2. The van der Waals surface area contributed by atoms with Crippen LogP contribution >= 0.6 is 0 Å². The molecule has 0 saturated carbocycles. The highest BCUT2D eigenvalue weighted by Crippen LogP contribution is 2.29. The van der Waals surface area contributed by atoms with Gasteiger partial charge in [0.25, 0.3) is 0 Å². The van der Waals surface area contributed by atoms with Crippen molar-refractivity contribution in [2.45, 2.75) is 12.8 Å². The summed E-state index contributed by atoms with van der Waals surface area (Å²) in [6.45, 7) is -0.173. The van der Waals surface area contributed by atoms with Crippen LogP contribution in [0.5, 0.6) is 5.75 Å². The molecular weight excluding hydrogens is 363 g/mol. The number of carbonyl (C=O) groups excluding carboxylic acids is 1. The Kier molecular flexibility index (Phi) is 5.16. The molecule has 1 heterocycles. The van der Waals surface area contributed by atoms with E-state index < -0.39 is 17.7 Å². The minimum atomic E-state index is -4.46. The van der Waals surface area contributed by atoms with E-state index in [9.17, 15) is 18.0 Å². The summed E-state index contributed by atoms with van der Waals surface area (Å²) < 4.78 is 53.0. The number of aromatic nitrogens is 1. The van der Waals surface area contributed by atoms with Crippen LogP contribution in [0.2, 0.25) is 0 Å². The van der Waals surface area contributed by atoms with E-state index in [1.165, 1.54) is 0 Å². The van der Waals surface area contributed by atoms with E-state index in [1.807, 2.05) is 0 Å². The molecule has 0 aliphatic heterocycles. The average Bonchev–Trinajstić information content (AvgIpc) is 3.14. The van der Waals surface area contributed by atoms with Gasteiger partial charge in [-0.2, -0.15) is 13.2 Å². The molecule has 2 aromatic carbocycles. The first-order chi connectivity index (χ1) is 12.9. The second kappa shape index (κ2) is 7.53. The molecule has 0 amide bonds. The number of ether oxygens (including phenoxy) is 2. The fourth-order valence-corrected chi connectivity index (χ4v) is 2.31. The van der Waals surface area contributed by atoms with Crippen LogP contribution in [-0.4, -0.2) is 18.2 Å². The molecule has 5 nitrogen and oxygen atoms in total. The first-order valence-corrected chi connectivity index (χ1v) is 7.81. The van der Waals surface area contributed by atoms with Gasteiger partial charge in [0.05, 0.1) is 18.2 Å². The van der Waals surface area contributed by atoms with Crippen LogP contribution in [0.4, 0.5) is 13.2 Å². The van der Waals surface area contributed by atoms with Gasteiger partial charge in [-0.15, -0.1) is 0 Å². The second-order valence-electron chi connectivity index (χ2n) is 5.57. The van der Waals surface area contributed by atoms with Crippen molar-refractivity contribution in [1.29, 1.82) is 0 Å². The smallest absolute Gasteiger partial charge is 0.416 e. The molecule has 0 saturated heterocycles. The predicted molar refractivity (Wildman–Crippen MR) is 89.1 cm³/mol. The van der Waals surface area contributed by atoms with Crippen LogP contribution in [0, 0.1) is 0 Å². The molecule has 0 spiro atoms. The van der Waals surface area contributed by atoms with E-state index >= 15 is 0 Å².